The van der Waals surface area contributed by atoms with Crippen molar-refractivity contribution in [2.45, 2.75) is 52.7 Å². The molecule has 0 aliphatic carbocycles. The number of aliphatic hydroxyl groups is 1. The van der Waals surface area contributed by atoms with Crippen LogP contribution in [0.15, 0.2) is 23.2 Å². The minimum atomic E-state index is -0.252. The molecular weight excluding hydrogens is 482 g/mol. The molecule has 0 radical (unpaired) electrons. The Kier molecular flexibility index (Phi) is 9.46. The fourth-order valence-electron chi connectivity index (χ4n) is 4.44. The smallest absolute Gasteiger partial charge is 0.194 e. The van der Waals surface area contributed by atoms with Gasteiger partial charge < -0.3 is 20.2 Å². The number of nitrogens with one attached hydrogen (secondary N) is 1. The lowest BCUT2D eigenvalue weighted by Crippen LogP contribution is -2.48. The molecule has 7 heteroatoms. The van der Waals surface area contributed by atoms with E-state index in [0.717, 1.165) is 31.2 Å². The van der Waals surface area contributed by atoms with E-state index in [-0.39, 0.29) is 35.9 Å². The zero-order chi connectivity index (χ0) is 20.1. The van der Waals surface area contributed by atoms with Crippen LogP contribution in [0.2, 0.25) is 0 Å². The van der Waals surface area contributed by atoms with Gasteiger partial charge >= 0.3 is 0 Å². The lowest BCUT2D eigenvalue weighted by molar-refractivity contribution is 0.145. The maximum absolute atomic E-state index is 14.7. The molecule has 2 aliphatic rings. The molecule has 2 aliphatic heterocycles. The average Bonchev–Trinajstić information content (AvgIpc) is 2.65. The third-order valence-corrected chi connectivity index (χ3v) is 5.73. The van der Waals surface area contributed by atoms with Crippen LogP contribution in [0.4, 0.5) is 10.1 Å². The summed E-state index contributed by atoms with van der Waals surface area (Å²) < 4.78 is 14.7. The first-order valence-electron chi connectivity index (χ1n) is 10.7. The third-order valence-electron chi connectivity index (χ3n) is 5.73. The summed E-state index contributed by atoms with van der Waals surface area (Å²) in [7, 11) is 0. The van der Waals surface area contributed by atoms with Crippen molar-refractivity contribution >= 4 is 35.6 Å². The SMILES string of the molecule is CCNC(=NCc1ccc(N2CCC(O)CC2)c(F)c1)N1CC(C)CC(C)C1.I. The van der Waals surface area contributed by atoms with Crippen molar-refractivity contribution in [2.75, 3.05) is 37.6 Å². The zero-order valence-corrected chi connectivity index (χ0v) is 20.2. The number of anilines is 1. The van der Waals surface area contributed by atoms with Gasteiger partial charge in [-0.25, -0.2) is 9.38 Å². The van der Waals surface area contributed by atoms with Crippen molar-refractivity contribution in [2.24, 2.45) is 16.8 Å². The first-order chi connectivity index (χ1) is 13.5. The van der Waals surface area contributed by atoms with Gasteiger partial charge in [-0.2, -0.15) is 0 Å². The number of guanidine groups is 1. The number of hydrogen-bond acceptors (Lipinski definition) is 3. The van der Waals surface area contributed by atoms with Gasteiger partial charge in [-0.3, -0.25) is 0 Å². The van der Waals surface area contributed by atoms with Gasteiger partial charge in [0, 0.05) is 32.7 Å². The molecule has 1 aromatic rings. The van der Waals surface area contributed by atoms with Crippen LogP contribution >= 0.6 is 24.0 Å². The molecule has 0 amide bonds. The number of piperidine rings is 2. The number of nitrogens with zero attached hydrogens (tertiary/aromatic N) is 3. The van der Waals surface area contributed by atoms with Crippen molar-refractivity contribution in [3.8, 4) is 0 Å². The molecule has 2 saturated heterocycles. The molecule has 2 unspecified atom stereocenters. The summed E-state index contributed by atoms with van der Waals surface area (Å²) >= 11 is 0. The molecule has 0 saturated carbocycles. The first-order valence-corrected chi connectivity index (χ1v) is 10.7. The first kappa shape index (κ1) is 24.2. The maximum atomic E-state index is 14.7. The summed E-state index contributed by atoms with van der Waals surface area (Å²) in [4.78, 5) is 9.15. The van der Waals surface area contributed by atoms with Gasteiger partial charge in [0.15, 0.2) is 5.96 Å². The second-order valence-corrected chi connectivity index (χ2v) is 8.53. The number of hydrogen-bond donors (Lipinski definition) is 2. The van der Waals surface area contributed by atoms with Crippen LogP contribution in [-0.2, 0) is 6.54 Å². The van der Waals surface area contributed by atoms with Crippen LogP contribution in [-0.4, -0.2) is 54.8 Å². The van der Waals surface area contributed by atoms with Crippen molar-refractivity contribution in [1.29, 1.82) is 0 Å². The Hall–Kier alpha value is -1.09. The molecule has 1 aromatic carbocycles. The maximum Gasteiger partial charge on any atom is 0.194 e. The van der Waals surface area contributed by atoms with E-state index in [0.29, 0.717) is 50.0 Å². The number of benzene rings is 1. The molecule has 0 spiro atoms. The standard InChI is InChI=1S/C22H35FN4O.HI/c1-4-24-22(27-14-16(2)11-17(3)15-27)25-13-18-5-6-21(20(23)12-18)26-9-7-19(28)8-10-26;/h5-6,12,16-17,19,28H,4,7-11,13-15H2,1-3H3,(H,24,25);1H. The third kappa shape index (κ3) is 6.70. The quantitative estimate of drug-likeness (QED) is 0.362. The van der Waals surface area contributed by atoms with E-state index in [2.05, 4.69) is 31.0 Å². The summed E-state index contributed by atoms with van der Waals surface area (Å²) in [6.45, 7) is 11.4. The highest BCUT2D eigenvalue weighted by atomic mass is 127. The molecule has 0 bridgehead atoms. The molecule has 5 nitrogen and oxygen atoms in total. The minimum absolute atomic E-state index is 0. The zero-order valence-electron chi connectivity index (χ0n) is 17.9. The van der Waals surface area contributed by atoms with Crippen LogP contribution in [0, 0.1) is 17.7 Å². The number of aliphatic hydroxyl groups excluding tert-OH is 1. The Morgan fingerprint density at radius 1 is 1.21 bits per heavy atom. The van der Waals surface area contributed by atoms with E-state index in [4.69, 9.17) is 4.99 Å². The molecule has 164 valence electrons. The van der Waals surface area contributed by atoms with Crippen molar-refractivity contribution in [1.82, 2.24) is 10.2 Å². The summed E-state index contributed by atoms with van der Waals surface area (Å²) in [6, 6.07) is 5.43. The highest BCUT2D eigenvalue weighted by Crippen LogP contribution is 2.25. The second kappa shape index (κ2) is 11.3. The van der Waals surface area contributed by atoms with Gasteiger partial charge in [0.1, 0.15) is 5.82 Å². The van der Waals surface area contributed by atoms with Gasteiger partial charge in [0.05, 0.1) is 18.3 Å². The summed E-state index contributed by atoms with van der Waals surface area (Å²) in [5.74, 6) is 2.05. The van der Waals surface area contributed by atoms with Gasteiger partial charge in [-0.05, 0) is 55.7 Å². The van der Waals surface area contributed by atoms with Gasteiger partial charge in [-0.15, -0.1) is 24.0 Å². The van der Waals surface area contributed by atoms with E-state index < -0.39 is 0 Å². The molecule has 2 atom stereocenters. The van der Waals surface area contributed by atoms with E-state index in [1.807, 2.05) is 17.0 Å². The van der Waals surface area contributed by atoms with Gasteiger partial charge in [0.2, 0.25) is 0 Å². The van der Waals surface area contributed by atoms with Gasteiger partial charge in [0.25, 0.3) is 0 Å². The highest BCUT2D eigenvalue weighted by molar-refractivity contribution is 14.0. The Labute approximate surface area is 191 Å². The number of halogens is 2. The monoisotopic (exact) mass is 518 g/mol. The molecule has 2 N–H and O–H groups in total. The highest BCUT2D eigenvalue weighted by Gasteiger charge is 2.24. The van der Waals surface area contributed by atoms with Crippen LogP contribution < -0.4 is 10.2 Å². The van der Waals surface area contributed by atoms with E-state index in [1.165, 1.54) is 6.42 Å². The largest absolute Gasteiger partial charge is 0.393 e. The molecule has 2 heterocycles. The lowest BCUT2D eigenvalue weighted by Gasteiger charge is -2.37. The normalized spacial score (nSPS) is 23.7. The van der Waals surface area contributed by atoms with Crippen LogP contribution in [0.25, 0.3) is 0 Å². The topological polar surface area (TPSA) is 51.1 Å². The second-order valence-electron chi connectivity index (χ2n) is 8.53. The summed E-state index contributed by atoms with van der Waals surface area (Å²) in [6.07, 6.45) is 2.41. The number of aliphatic imine (C=N–C) groups is 1. The van der Waals surface area contributed by atoms with Crippen LogP contribution in [0.1, 0.15) is 45.6 Å². The molecular formula is C22H36FIN4O. The van der Waals surface area contributed by atoms with Crippen molar-refractivity contribution in [3.05, 3.63) is 29.6 Å². The molecule has 2 fully saturated rings. The Morgan fingerprint density at radius 3 is 2.45 bits per heavy atom. The molecule has 3 rings (SSSR count). The molecule has 29 heavy (non-hydrogen) atoms. The fraction of sp³-hybridized carbons (Fsp3) is 0.682. The van der Waals surface area contributed by atoms with E-state index in [9.17, 15) is 9.50 Å². The number of likely N-dealkylation sites (tertiary alicyclic amines) is 1. The fourth-order valence-corrected chi connectivity index (χ4v) is 4.44. The lowest BCUT2D eigenvalue weighted by atomic mass is 9.92. The minimum Gasteiger partial charge on any atom is -0.393 e. The average molecular weight is 518 g/mol. The molecule has 0 aromatic heterocycles. The van der Waals surface area contributed by atoms with Crippen LogP contribution in [0.3, 0.4) is 0 Å². The Balaban J connectivity index is 0.00000300. The number of rotatable bonds is 4. The van der Waals surface area contributed by atoms with E-state index in [1.54, 1.807) is 6.07 Å². The predicted molar refractivity (Wildman–Crippen MR) is 129 cm³/mol. The Bertz CT molecular complexity index is 669. The van der Waals surface area contributed by atoms with E-state index >= 15 is 0 Å². The Morgan fingerprint density at radius 2 is 1.86 bits per heavy atom. The predicted octanol–water partition coefficient (Wildman–Crippen LogP) is 3.85. The van der Waals surface area contributed by atoms with Gasteiger partial charge in [-0.1, -0.05) is 19.9 Å². The summed E-state index contributed by atoms with van der Waals surface area (Å²) in [5, 5.41) is 13.0. The van der Waals surface area contributed by atoms with Crippen LogP contribution in [0.5, 0.6) is 0 Å². The van der Waals surface area contributed by atoms with Crippen molar-refractivity contribution in [3.63, 3.8) is 0 Å². The summed E-state index contributed by atoms with van der Waals surface area (Å²) in [5.41, 5.74) is 1.51. The van der Waals surface area contributed by atoms with Crippen molar-refractivity contribution < 1.29 is 9.50 Å².